The van der Waals surface area contributed by atoms with Crippen molar-refractivity contribution in [1.82, 2.24) is 9.97 Å². The van der Waals surface area contributed by atoms with E-state index in [1.54, 1.807) is 0 Å². The van der Waals surface area contributed by atoms with Crippen LogP contribution in [0.3, 0.4) is 0 Å². The SMILES string of the molecule is C[C@]1(O)CCOC[C@@H]1[C@H]1CCCN1c1cncc(-c2ccccc2)n1. The fraction of sp³-hybridized carbons (Fsp3) is 0.500. The number of aliphatic hydroxyl groups is 1. The number of rotatable bonds is 3. The van der Waals surface area contributed by atoms with Gasteiger partial charge in [0.25, 0.3) is 0 Å². The second-order valence-electron chi connectivity index (χ2n) is 7.32. The predicted molar refractivity (Wildman–Crippen MR) is 97.4 cm³/mol. The van der Waals surface area contributed by atoms with Gasteiger partial charge in [0, 0.05) is 30.7 Å². The van der Waals surface area contributed by atoms with E-state index in [1.165, 1.54) is 0 Å². The smallest absolute Gasteiger partial charge is 0.148 e. The van der Waals surface area contributed by atoms with Crippen LogP contribution in [0.15, 0.2) is 42.7 Å². The molecule has 3 atom stereocenters. The van der Waals surface area contributed by atoms with Gasteiger partial charge in [-0.3, -0.25) is 4.98 Å². The number of benzene rings is 1. The summed E-state index contributed by atoms with van der Waals surface area (Å²) in [5.74, 6) is 0.996. The van der Waals surface area contributed by atoms with Crippen LogP contribution in [0.25, 0.3) is 11.3 Å². The molecule has 2 fully saturated rings. The lowest BCUT2D eigenvalue weighted by atomic mass is 9.79. The first-order valence-electron chi connectivity index (χ1n) is 9.09. The molecule has 0 radical (unpaired) electrons. The van der Waals surface area contributed by atoms with E-state index in [0.29, 0.717) is 19.6 Å². The average molecular weight is 339 g/mol. The molecule has 5 heteroatoms. The van der Waals surface area contributed by atoms with E-state index in [9.17, 15) is 5.11 Å². The van der Waals surface area contributed by atoms with Gasteiger partial charge >= 0.3 is 0 Å². The van der Waals surface area contributed by atoms with Gasteiger partial charge in [0.15, 0.2) is 0 Å². The Morgan fingerprint density at radius 2 is 2.08 bits per heavy atom. The zero-order chi connectivity index (χ0) is 17.3. The highest BCUT2D eigenvalue weighted by Crippen LogP contribution is 2.37. The van der Waals surface area contributed by atoms with Crippen molar-refractivity contribution in [3.05, 3.63) is 42.7 Å². The van der Waals surface area contributed by atoms with Crippen LogP contribution in [-0.4, -0.2) is 46.5 Å². The first kappa shape index (κ1) is 16.5. The lowest BCUT2D eigenvalue weighted by Gasteiger charge is -2.43. The predicted octanol–water partition coefficient (Wildman–Crippen LogP) is 2.90. The molecule has 0 unspecified atom stereocenters. The topological polar surface area (TPSA) is 58.5 Å². The Bertz CT molecular complexity index is 720. The highest BCUT2D eigenvalue weighted by atomic mass is 16.5. The largest absolute Gasteiger partial charge is 0.390 e. The highest BCUT2D eigenvalue weighted by Gasteiger charge is 2.44. The molecule has 5 nitrogen and oxygen atoms in total. The second-order valence-corrected chi connectivity index (χ2v) is 7.32. The van der Waals surface area contributed by atoms with Gasteiger partial charge in [0.1, 0.15) is 5.82 Å². The molecule has 0 saturated carbocycles. The molecular formula is C20H25N3O2. The molecule has 1 aromatic heterocycles. The summed E-state index contributed by atoms with van der Waals surface area (Å²) in [4.78, 5) is 11.6. The van der Waals surface area contributed by atoms with Gasteiger partial charge in [-0.15, -0.1) is 0 Å². The van der Waals surface area contributed by atoms with Crippen molar-refractivity contribution in [2.75, 3.05) is 24.7 Å². The maximum atomic E-state index is 10.8. The molecule has 0 aliphatic carbocycles. The quantitative estimate of drug-likeness (QED) is 0.932. The first-order chi connectivity index (χ1) is 12.1. The molecule has 4 rings (SSSR count). The molecule has 2 aromatic rings. The van der Waals surface area contributed by atoms with Gasteiger partial charge < -0.3 is 14.7 Å². The van der Waals surface area contributed by atoms with E-state index in [0.717, 1.165) is 36.5 Å². The Hall–Kier alpha value is -1.98. The van der Waals surface area contributed by atoms with Crippen LogP contribution in [0.2, 0.25) is 0 Å². The third kappa shape index (κ3) is 3.26. The van der Waals surface area contributed by atoms with Gasteiger partial charge in [0.2, 0.25) is 0 Å². The Morgan fingerprint density at radius 1 is 1.24 bits per heavy atom. The third-order valence-corrected chi connectivity index (χ3v) is 5.60. The van der Waals surface area contributed by atoms with E-state index >= 15 is 0 Å². The fourth-order valence-corrected chi connectivity index (χ4v) is 4.12. The summed E-state index contributed by atoms with van der Waals surface area (Å²) in [6.45, 7) is 4.15. The Balaban J connectivity index is 1.62. The number of nitrogens with zero attached hydrogens (tertiary/aromatic N) is 3. The summed E-state index contributed by atoms with van der Waals surface area (Å²) in [7, 11) is 0. The highest BCUT2D eigenvalue weighted by molar-refractivity contribution is 5.60. The molecular weight excluding hydrogens is 314 g/mol. The van der Waals surface area contributed by atoms with Crippen molar-refractivity contribution in [2.45, 2.75) is 37.8 Å². The van der Waals surface area contributed by atoms with Crippen molar-refractivity contribution in [3.8, 4) is 11.3 Å². The molecule has 3 heterocycles. The molecule has 0 bridgehead atoms. The van der Waals surface area contributed by atoms with Crippen LogP contribution in [-0.2, 0) is 4.74 Å². The van der Waals surface area contributed by atoms with E-state index in [1.807, 2.05) is 37.5 Å². The van der Waals surface area contributed by atoms with Crippen LogP contribution in [0, 0.1) is 5.92 Å². The molecule has 0 spiro atoms. The normalized spacial score (nSPS) is 29.8. The molecule has 2 aliphatic rings. The first-order valence-corrected chi connectivity index (χ1v) is 9.09. The van der Waals surface area contributed by atoms with E-state index in [2.05, 4.69) is 22.0 Å². The molecule has 25 heavy (non-hydrogen) atoms. The van der Waals surface area contributed by atoms with Crippen molar-refractivity contribution in [3.63, 3.8) is 0 Å². The maximum absolute atomic E-state index is 10.8. The van der Waals surface area contributed by atoms with Crippen LogP contribution in [0.5, 0.6) is 0 Å². The number of ether oxygens (including phenoxy) is 1. The number of anilines is 1. The molecule has 2 aliphatic heterocycles. The van der Waals surface area contributed by atoms with Crippen molar-refractivity contribution < 1.29 is 9.84 Å². The fourth-order valence-electron chi connectivity index (χ4n) is 4.12. The molecule has 132 valence electrons. The minimum absolute atomic E-state index is 0.103. The lowest BCUT2D eigenvalue weighted by Crippen LogP contribution is -2.52. The van der Waals surface area contributed by atoms with Gasteiger partial charge in [-0.2, -0.15) is 0 Å². The Labute approximate surface area is 148 Å². The number of hydrogen-bond donors (Lipinski definition) is 1. The number of hydrogen-bond acceptors (Lipinski definition) is 5. The molecule has 0 amide bonds. The van der Waals surface area contributed by atoms with E-state index in [4.69, 9.17) is 9.72 Å². The van der Waals surface area contributed by atoms with Gasteiger partial charge in [0.05, 0.1) is 30.3 Å². The zero-order valence-corrected chi connectivity index (χ0v) is 14.6. The standard InChI is InChI=1S/C20H25N3O2/c1-20(24)9-11-25-14-16(20)18-8-5-10-23(18)19-13-21-12-17(22-19)15-6-3-2-4-7-15/h2-4,6-7,12-13,16,18,24H,5,8-11,14H2,1H3/t16-,18-,20+/m1/s1. The van der Waals surface area contributed by atoms with E-state index in [-0.39, 0.29) is 12.0 Å². The van der Waals surface area contributed by atoms with Crippen molar-refractivity contribution in [1.29, 1.82) is 0 Å². The summed E-state index contributed by atoms with van der Waals surface area (Å²) >= 11 is 0. The minimum atomic E-state index is -0.685. The summed E-state index contributed by atoms with van der Waals surface area (Å²) < 4.78 is 5.68. The molecule has 1 aromatic carbocycles. The molecule has 1 N–H and O–H groups in total. The average Bonchev–Trinajstić information content (AvgIpc) is 3.11. The Kier molecular flexibility index (Phi) is 4.44. The summed E-state index contributed by atoms with van der Waals surface area (Å²) in [6, 6.07) is 10.4. The van der Waals surface area contributed by atoms with Crippen LogP contribution in [0.1, 0.15) is 26.2 Å². The second kappa shape index (κ2) is 6.73. The van der Waals surface area contributed by atoms with Crippen molar-refractivity contribution in [2.24, 2.45) is 5.92 Å². The van der Waals surface area contributed by atoms with Crippen molar-refractivity contribution >= 4 is 5.82 Å². The maximum Gasteiger partial charge on any atom is 0.148 e. The summed E-state index contributed by atoms with van der Waals surface area (Å²) in [5.41, 5.74) is 1.27. The van der Waals surface area contributed by atoms with Crippen LogP contribution < -0.4 is 4.90 Å². The van der Waals surface area contributed by atoms with Gasteiger partial charge in [-0.05, 0) is 26.2 Å². The van der Waals surface area contributed by atoms with Gasteiger partial charge in [-0.1, -0.05) is 30.3 Å². The third-order valence-electron chi connectivity index (χ3n) is 5.60. The number of aromatic nitrogens is 2. The van der Waals surface area contributed by atoms with Gasteiger partial charge in [-0.25, -0.2) is 4.98 Å². The van der Waals surface area contributed by atoms with Crippen LogP contribution >= 0.6 is 0 Å². The zero-order valence-electron chi connectivity index (χ0n) is 14.6. The Morgan fingerprint density at radius 3 is 2.88 bits per heavy atom. The van der Waals surface area contributed by atoms with E-state index < -0.39 is 5.60 Å². The lowest BCUT2D eigenvalue weighted by molar-refractivity contribution is -0.108. The van der Waals surface area contributed by atoms with Crippen LogP contribution in [0.4, 0.5) is 5.82 Å². The summed E-state index contributed by atoms with van der Waals surface area (Å²) in [6.07, 6.45) is 6.50. The molecule has 2 saturated heterocycles. The minimum Gasteiger partial charge on any atom is -0.390 e. The summed E-state index contributed by atoms with van der Waals surface area (Å²) in [5, 5.41) is 10.8. The monoisotopic (exact) mass is 339 g/mol.